The summed E-state index contributed by atoms with van der Waals surface area (Å²) in [5.74, 6) is -1.45. The summed E-state index contributed by atoms with van der Waals surface area (Å²) in [5.41, 5.74) is 1.69. The van der Waals surface area contributed by atoms with Gasteiger partial charge in [0.1, 0.15) is 29.0 Å². The number of fused-ring (bicyclic) bond motifs is 2. The molecule has 0 saturated heterocycles. The second-order valence-corrected chi connectivity index (χ2v) is 10.3. The van der Waals surface area contributed by atoms with Crippen LogP contribution in [0.2, 0.25) is 0 Å². The molecule has 1 aromatic carbocycles. The van der Waals surface area contributed by atoms with E-state index in [4.69, 9.17) is 9.15 Å². The average Bonchev–Trinajstić information content (AvgIpc) is 2.87. The van der Waals surface area contributed by atoms with Crippen LogP contribution < -0.4 is 21.0 Å². The first-order valence-corrected chi connectivity index (χ1v) is 13.3. The number of carboxylic acid groups (broad SMARTS) is 1. The molecule has 9 nitrogen and oxygen atoms in total. The summed E-state index contributed by atoms with van der Waals surface area (Å²) < 4.78 is 12.1. The van der Waals surface area contributed by atoms with Crippen molar-refractivity contribution in [3.63, 3.8) is 0 Å². The van der Waals surface area contributed by atoms with E-state index in [1.54, 1.807) is 20.8 Å². The summed E-state index contributed by atoms with van der Waals surface area (Å²) in [6, 6.07) is 1.86. The van der Waals surface area contributed by atoms with Crippen molar-refractivity contribution in [1.82, 2.24) is 10.6 Å². The van der Waals surface area contributed by atoms with Gasteiger partial charge in [0, 0.05) is 11.5 Å². The highest BCUT2D eigenvalue weighted by molar-refractivity contribution is 5.91. The van der Waals surface area contributed by atoms with Gasteiger partial charge < -0.3 is 24.9 Å². The SMILES string of the molecule is CC[C@H](NC(=O)Cc1c(C)c2cc3c(cc2oc1=O)OC1(CCCCC1)CC3)C(=O)N[C@H](CC)C(=O)O. The van der Waals surface area contributed by atoms with E-state index in [0.717, 1.165) is 42.4 Å². The van der Waals surface area contributed by atoms with Crippen molar-refractivity contribution in [2.75, 3.05) is 0 Å². The van der Waals surface area contributed by atoms with Gasteiger partial charge in [0.25, 0.3) is 0 Å². The molecule has 2 aromatic rings. The molecule has 1 aliphatic heterocycles. The van der Waals surface area contributed by atoms with Gasteiger partial charge in [-0.05, 0) is 75.5 Å². The number of carboxylic acids is 1. The number of rotatable bonds is 8. The lowest BCUT2D eigenvalue weighted by Gasteiger charge is -2.41. The van der Waals surface area contributed by atoms with Crippen molar-refractivity contribution in [3.8, 4) is 5.75 Å². The maximum atomic E-state index is 12.9. The molecule has 3 N–H and O–H groups in total. The average molecular weight is 513 g/mol. The fraction of sp³-hybridized carbons (Fsp3) is 0.571. The molecule has 37 heavy (non-hydrogen) atoms. The third-order valence-corrected chi connectivity index (χ3v) is 7.83. The lowest BCUT2D eigenvalue weighted by molar-refractivity contribution is -0.142. The predicted octanol–water partition coefficient (Wildman–Crippen LogP) is 3.55. The van der Waals surface area contributed by atoms with E-state index < -0.39 is 35.5 Å². The summed E-state index contributed by atoms with van der Waals surface area (Å²) in [6.45, 7) is 5.16. The lowest BCUT2D eigenvalue weighted by Crippen LogP contribution is -2.51. The minimum absolute atomic E-state index is 0.115. The van der Waals surface area contributed by atoms with E-state index >= 15 is 0 Å². The molecule has 0 unspecified atom stereocenters. The Bertz CT molecular complexity index is 1260. The maximum absolute atomic E-state index is 12.9. The largest absolute Gasteiger partial charge is 0.487 e. The minimum atomic E-state index is -1.14. The van der Waals surface area contributed by atoms with Gasteiger partial charge in [0.15, 0.2) is 0 Å². The van der Waals surface area contributed by atoms with Crippen molar-refractivity contribution in [3.05, 3.63) is 39.2 Å². The molecule has 2 atom stereocenters. The van der Waals surface area contributed by atoms with E-state index in [1.807, 2.05) is 12.1 Å². The number of ether oxygens (including phenoxy) is 1. The molecule has 1 saturated carbocycles. The molecule has 2 heterocycles. The van der Waals surface area contributed by atoms with Gasteiger partial charge in [-0.2, -0.15) is 0 Å². The van der Waals surface area contributed by atoms with Gasteiger partial charge in [0.2, 0.25) is 11.8 Å². The fourth-order valence-electron chi connectivity index (χ4n) is 5.52. The zero-order chi connectivity index (χ0) is 26.7. The van der Waals surface area contributed by atoms with Gasteiger partial charge in [-0.25, -0.2) is 9.59 Å². The Kier molecular flexibility index (Phi) is 7.90. The Morgan fingerprint density at radius 2 is 1.73 bits per heavy atom. The van der Waals surface area contributed by atoms with Gasteiger partial charge in [-0.1, -0.05) is 20.3 Å². The van der Waals surface area contributed by atoms with E-state index in [-0.39, 0.29) is 30.4 Å². The highest BCUT2D eigenvalue weighted by Crippen LogP contribution is 2.43. The second kappa shape index (κ2) is 10.9. The van der Waals surface area contributed by atoms with Crippen LogP contribution >= 0.6 is 0 Å². The first-order chi connectivity index (χ1) is 17.7. The summed E-state index contributed by atoms with van der Waals surface area (Å²) in [6.07, 6.45) is 7.78. The summed E-state index contributed by atoms with van der Waals surface area (Å²) in [7, 11) is 0. The number of benzene rings is 1. The fourth-order valence-corrected chi connectivity index (χ4v) is 5.52. The molecule has 0 bridgehead atoms. The quantitative estimate of drug-likeness (QED) is 0.460. The first kappa shape index (κ1) is 26.7. The number of amides is 2. The standard InChI is InChI=1S/C28H36N2O7/c1-4-20(25(32)30-21(5-2)26(33)34)29-24(31)14-19-16(3)18-13-17-9-12-28(10-7-6-8-11-28)37-22(17)15-23(18)36-27(19)35/h13,15,20-21H,4-12,14H2,1-3H3,(H,29,31)(H,30,32)(H,33,34)/t20-,21+/m0/s1. The number of aryl methyl sites for hydroxylation is 2. The molecule has 200 valence electrons. The molecular weight excluding hydrogens is 476 g/mol. The van der Waals surface area contributed by atoms with Gasteiger partial charge in [-0.15, -0.1) is 0 Å². The first-order valence-electron chi connectivity index (χ1n) is 13.3. The molecule has 1 aliphatic carbocycles. The summed E-state index contributed by atoms with van der Waals surface area (Å²) in [5, 5.41) is 15.0. The zero-order valence-corrected chi connectivity index (χ0v) is 21.8. The number of hydrogen-bond acceptors (Lipinski definition) is 6. The van der Waals surface area contributed by atoms with Crippen molar-refractivity contribution in [2.24, 2.45) is 0 Å². The maximum Gasteiger partial charge on any atom is 0.340 e. The number of nitrogens with one attached hydrogen (secondary N) is 2. The highest BCUT2D eigenvalue weighted by atomic mass is 16.5. The van der Waals surface area contributed by atoms with Crippen molar-refractivity contribution < 1.29 is 28.6 Å². The van der Waals surface area contributed by atoms with Crippen LogP contribution in [0.15, 0.2) is 21.3 Å². The third kappa shape index (κ3) is 5.65. The zero-order valence-electron chi connectivity index (χ0n) is 21.8. The molecule has 1 fully saturated rings. The van der Waals surface area contributed by atoms with Crippen LogP contribution in [0.5, 0.6) is 5.75 Å². The number of carbonyl (C=O) groups is 3. The Morgan fingerprint density at radius 3 is 2.38 bits per heavy atom. The highest BCUT2D eigenvalue weighted by Gasteiger charge is 2.37. The van der Waals surface area contributed by atoms with Crippen LogP contribution in [-0.4, -0.2) is 40.6 Å². The predicted molar refractivity (Wildman–Crippen MR) is 138 cm³/mol. The molecule has 1 aromatic heterocycles. The van der Waals surface area contributed by atoms with Gasteiger partial charge in [-0.3, -0.25) is 9.59 Å². The molecule has 4 rings (SSSR count). The third-order valence-electron chi connectivity index (χ3n) is 7.83. The van der Waals surface area contributed by atoms with E-state index in [2.05, 4.69) is 10.6 Å². The number of carbonyl (C=O) groups excluding carboxylic acids is 2. The molecule has 9 heteroatoms. The molecule has 2 amide bonds. The van der Waals surface area contributed by atoms with Crippen molar-refractivity contribution in [2.45, 2.75) is 103 Å². The second-order valence-electron chi connectivity index (χ2n) is 10.3. The Balaban J connectivity index is 1.52. The monoisotopic (exact) mass is 512 g/mol. The molecular formula is C28H36N2O7. The number of hydrogen-bond donors (Lipinski definition) is 3. The summed E-state index contributed by atoms with van der Waals surface area (Å²) in [4.78, 5) is 49.4. The Hall–Kier alpha value is -3.36. The van der Waals surface area contributed by atoms with Crippen molar-refractivity contribution in [1.29, 1.82) is 0 Å². The van der Waals surface area contributed by atoms with E-state index in [0.29, 0.717) is 11.1 Å². The topological polar surface area (TPSA) is 135 Å². The van der Waals surface area contributed by atoms with Crippen LogP contribution in [0.1, 0.15) is 81.9 Å². The van der Waals surface area contributed by atoms with Crippen LogP contribution in [-0.2, 0) is 27.2 Å². The van der Waals surface area contributed by atoms with Crippen LogP contribution in [0.3, 0.4) is 0 Å². The van der Waals surface area contributed by atoms with Gasteiger partial charge in [0.05, 0.1) is 12.0 Å². The van der Waals surface area contributed by atoms with Crippen LogP contribution in [0.25, 0.3) is 11.0 Å². The Labute approximate surface area is 215 Å². The van der Waals surface area contributed by atoms with Crippen LogP contribution in [0, 0.1) is 6.92 Å². The molecule has 0 radical (unpaired) electrons. The minimum Gasteiger partial charge on any atom is -0.487 e. The van der Waals surface area contributed by atoms with E-state index in [1.165, 1.54) is 19.3 Å². The van der Waals surface area contributed by atoms with E-state index in [9.17, 15) is 24.3 Å². The van der Waals surface area contributed by atoms with Crippen molar-refractivity contribution >= 4 is 28.8 Å². The molecule has 2 aliphatic rings. The normalized spacial score (nSPS) is 17.9. The lowest BCUT2D eigenvalue weighted by atomic mass is 9.79. The smallest absolute Gasteiger partial charge is 0.340 e. The van der Waals surface area contributed by atoms with Gasteiger partial charge >= 0.3 is 11.6 Å². The van der Waals surface area contributed by atoms with Crippen LogP contribution in [0.4, 0.5) is 0 Å². The molecule has 1 spiro atoms. The number of aliphatic carboxylic acids is 1. The summed E-state index contributed by atoms with van der Waals surface area (Å²) >= 11 is 0. The Morgan fingerprint density at radius 1 is 1.03 bits per heavy atom.